The Hall–Kier alpha value is -0.500. The number of hydrogen-bond acceptors (Lipinski definition) is 1. The molecule has 70 valence electrons. The van der Waals surface area contributed by atoms with Crippen molar-refractivity contribution >= 4 is 21.6 Å². The molecule has 2 rings (SSSR count). The summed E-state index contributed by atoms with van der Waals surface area (Å²) in [6.45, 7) is 4.53. The minimum atomic E-state index is 0.594. The second-order valence-corrected chi connectivity index (χ2v) is 4.74. The van der Waals surface area contributed by atoms with E-state index in [1.807, 2.05) is 0 Å². The highest BCUT2D eigenvalue weighted by Gasteiger charge is 2.22. The molecule has 0 spiro atoms. The van der Waals surface area contributed by atoms with Crippen molar-refractivity contribution in [3.05, 3.63) is 28.2 Å². The van der Waals surface area contributed by atoms with Gasteiger partial charge in [0.1, 0.15) is 0 Å². The summed E-state index contributed by atoms with van der Waals surface area (Å²) in [5.41, 5.74) is 2.72. The van der Waals surface area contributed by atoms with Gasteiger partial charge in [0.15, 0.2) is 0 Å². The smallest absolute Gasteiger partial charge is 0.0388 e. The third-order valence-corrected chi connectivity index (χ3v) is 3.35. The fraction of sp³-hybridized carbons (Fsp3) is 0.455. The van der Waals surface area contributed by atoms with Gasteiger partial charge in [0, 0.05) is 16.2 Å². The summed E-state index contributed by atoms with van der Waals surface area (Å²) in [6, 6.07) is 6.96. The molecule has 2 atom stereocenters. The van der Waals surface area contributed by atoms with Gasteiger partial charge in [-0.3, -0.25) is 0 Å². The highest BCUT2D eigenvalue weighted by Crippen LogP contribution is 2.38. The van der Waals surface area contributed by atoms with Crippen LogP contribution in [0.1, 0.15) is 31.7 Å². The van der Waals surface area contributed by atoms with Gasteiger partial charge in [0.05, 0.1) is 0 Å². The van der Waals surface area contributed by atoms with E-state index in [1.165, 1.54) is 22.1 Å². The summed E-state index contributed by atoms with van der Waals surface area (Å²) >= 11 is 3.60. The molecule has 0 amide bonds. The predicted molar refractivity (Wildman–Crippen MR) is 60.3 cm³/mol. The molecule has 1 heterocycles. The third kappa shape index (κ3) is 1.60. The summed E-state index contributed by atoms with van der Waals surface area (Å²) in [5.74, 6) is 0.654. The number of benzene rings is 1. The van der Waals surface area contributed by atoms with Crippen LogP contribution in [0.2, 0.25) is 0 Å². The van der Waals surface area contributed by atoms with Gasteiger partial charge in [0.2, 0.25) is 0 Å². The van der Waals surface area contributed by atoms with Gasteiger partial charge < -0.3 is 5.32 Å². The zero-order valence-corrected chi connectivity index (χ0v) is 9.56. The van der Waals surface area contributed by atoms with E-state index in [-0.39, 0.29) is 0 Å². The highest BCUT2D eigenvalue weighted by molar-refractivity contribution is 9.10. The van der Waals surface area contributed by atoms with Gasteiger partial charge in [-0.1, -0.05) is 28.9 Å². The molecule has 0 aromatic heterocycles. The van der Waals surface area contributed by atoms with E-state index in [2.05, 4.69) is 53.3 Å². The Balaban J connectivity index is 2.49. The SMILES string of the molecule is CC1CC(C)c2c(Br)cccc2N1. The van der Waals surface area contributed by atoms with Crippen molar-refractivity contribution in [3.63, 3.8) is 0 Å². The van der Waals surface area contributed by atoms with Crippen LogP contribution in [0, 0.1) is 0 Å². The normalized spacial score (nSPS) is 26.4. The molecule has 1 aliphatic heterocycles. The summed E-state index contributed by atoms with van der Waals surface area (Å²) in [7, 11) is 0. The lowest BCUT2D eigenvalue weighted by atomic mass is 9.89. The molecule has 0 saturated carbocycles. The lowest BCUT2D eigenvalue weighted by molar-refractivity contribution is 0.588. The molecular weight excluding hydrogens is 226 g/mol. The molecule has 0 fully saturated rings. The first-order chi connectivity index (χ1) is 6.18. The maximum atomic E-state index is 3.60. The number of anilines is 1. The minimum absolute atomic E-state index is 0.594. The van der Waals surface area contributed by atoms with Gasteiger partial charge in [-0.25, -0.2) is 0 Å². The Morgan fingerprint density at radius 3 is 2.92 bits per heavy atom. The van der Waals surface area contributed by atoms with Crippen LogP contribution in [0.25, 0.3) is 0 Å². The van der Waals surface area contributed by atoms with Crippen LogP contribution in [-0.4, -0.2) is 6.04 Å². The minimum Gasteiger partial charge on any atom is -0.382 e. The largest absolute Gasteiger partial charge is 0.382 e. The fourth-order valence-electron chi connectivity index (χ4n) is 2.14. The van der Waals surface area contributed by atoms with Crippen LogP contribution < -0.4 is 5.32 Å². The highest BCUT2D eigenvalue weighted by atomic mass is 79.9. The Morgan fingerprint density at radius 2 is 2.15 bits per heavy atom. The Labute approximate surface area is 87.7 Å². The molecule has 1 nitrogen and oxygen atoms in total. The Kier molecular flexibility index (Phi) is 2.33. The summed E-state index contributed by atoms with van der Waals surface area (Å²) < 4.78 is 1.23. The van der Waals surface area contributed by atoms with Crippen LogP contribution in [0.4, 0.5) is 5.69 Å². The van der Waals surface area contributed by atoms with E-state index in [9.17, 15) is 0 Å². The molecule has 1 aromatic rings. The van der Waals surface area contributed by atoms with Crippen molar-refractivity contribution in [3.8, 4) is 0 Å². The average molecular weight is 240 g/mol. The molecule has 1 aromatic carbocycles. The van der Waals surface area contributed by atoms with Crippen molar-refractivity contribution in [2.24, 2.45) is 0 Å². The van der Waals surface area contributed by atoms with Crippen molar-refractivity contribution in [1.29, 1.82) is 0 Å². The maximum Gasteiger partial charge on any atom is 0.0388 e. The Bertz CT molecular complexity index is 322. The van der Waals surface area contributed by atoms with E-state index in [4.69, 9.17) is 0 Å². The first-order valence-electron chi connectivity index (χ1n) is 4.73. The van der Waals surface area contributed by atoms with E-state index in [0.29, 0.717) is 12.0 Å². The molecule has 1 aliphatic rings. The molecule has 0 bridgehead atoms. The van der Waals surface area contributed by atoms with Crippen LogP contribution in [0.3, 0.4) is 0 Å². The summed E-state index contributed by atoms with van der Waals surface area (Å²) in [5, 5.41) is 3.50. The van der Waals surface area contributed by atoms with Crippen molar-refractivity contribution in [2.75, 3.05) is 5.32 Å². The van der Waals surface area contributed by atoms with Crippen LogP contribution in [0.15, 0.2) is 22.7 Å². The van der Waals surface area contributed by atoms with E-state index in [0.717, 1.165) is 0 Å². The standard InChI is InChI=1S/C11H14BrN/c1-7-6-8(2)13-10-5-3-4-9(12)11(7)10/h3-5,7-8,13H,6H2,1-2H3. The first-order valence-corrected chi connectivity index (χ1v) is 5.52. The van der Waals surface area contributed by atoms with E-state index in [1.54, 1.807) is 0 Å². The molecule has 0 radical (unpaired) electrons. The number of rotatable bonds is 0. The molecule has 1 N–H and O–H groups in total. The quantitative estimate of drug-likeness (QED) is 0.728. The van der Waals surface area contributed by atoms with Crippen LogP contribution in [-0.2, 0) is 0 Å². The maximum absolute atomic E-state index is 3.60. The second-order valence-electron chi connectivity index (χ2n) is 3.88. The van der Waals surface area contributed by atoms with Crippen molar-refractivity contribution in [2.45, 2.75) is 32.2 Å². The molecule has 2 heteroatoms. The summed E-state index contributed by atoms with van der Waals surface area (Å²) in [4.78, 5) is 0. The van der Waals surface area contributed by atoms with Crippen molar-refractivity contribution < 1.29 is 0 Å². The predicted octanol–water partition coefficient (Wildman–Crippen LogP) is 3.76. The van der Waals surface area contributed by atoms with Gasteiger partial charge in [-0.2, -0.15) is 0 Å². The number of fused-ring (bicyclic) bond motifs is 1. The topological polar surface area (TPSA) is 12.0 Å². The van der Waals surface area contributed by atoms with E-state index >= 15 is 0 Å². The van der Waals surface area contributed by atoms with Gasteiger partial charge in [0.25, 0.3) is 0 Å². The van der Waals surface area contributed by atoms with Crippen LogP contribution >= 0.6 is 15.9 Å². The lowest BCUT2D eigenvalue weighted by Gasteiger charge is -2.30. The molecular formula is C11H14BrN. The van der Waals surface area contributed by atoms with Gasteiger partial charge in [-0.15, -0.1) is 0 Å². The fourth-order valence-corrected chi connectivity index (χ4v) is 2.89. The monoisotopic (exact) mass is 239 g/mol. The Morgan fingerprint density at radius 1 is 1.38 bits per heavy atom. The first kappa shape index (κ1) is 9.07. The number of halogens is 1. The molecule has 0 aliphatic carbocycles. The van der Waals surface area contributed by atoms with Gasteiger partial charge >= 0.3 is 0 Å². The van der Waals surface area contributed by atoms with Crippen LogP contribution in [0.5, 0.6) is 0 Å². The average Bonchev–Trinajstić information content (AvgIpc) is 2.02. The lowest BCUT2D eigenvalue weighted by Crippen LogP contribution is -2.24. The number of hydrogen-bond donors (Lipinski definition) is 1. The second kappa shape index (κ2) is 3.33. The summed E-state index contributed by atoms with van der Waals surface area (Å²) in [6.07, 6.45) is 1.22. The van der Waals surface area contributed by atoms with Crippen molar-refractivity contribution in [1.82, 2.24) is 0 Å². The van der Waals surface area contributed by atoms with Gasteiger partial charge in [-0.05, 0) is 37.0 Å². The zero-order chi connectivity index (χ0) is 9.42. The molecule has 13 heavy (non-hydrogen) atoms. The zero-order valence-electron chi connectivity index (χ0n) is 7.97. The molecule has 0 saturated heterocycles. The third-order valence-electron chi connectivity index (χ3n) is 2.65. The van der Waals surface area contributed by atoms with E-state index < -0.39 is 0 Å². The molecule has 2 unspecified atom stereocenters. The number of nitrogens with one attached hydrogen (secondary N) is 1.